The second kappa shape index (κ2) is 7.63. The van der Waals surface area contributed by atoms with Crippen LogP contribution in [0.5, 0.6) is 0 Å². The number of hydrogen-bond donors (Lipinski definition) is 2. The van der Waals surface area contributed by atoms with Gasteiger partial charge in [-0.3, -0.25) is 9.59 Å². The Hall–Kier alpha value is -2.56. The molecular weight excluding hydrogens is 294 g/mol. The average Bonchev–Trinajstić information content (AvgIpc) is 2.90. The molecule has 1 aromatic heterocycles. The van der Waals surface area contributed by atoms with Crippen molar-refractivity contribution in [1.82, 2.24) is 5.32 Å². The third kappa shape index (κ3) is 4.98. The molecule has 23 heavy (non-hydrogen) atoms. The Morgan fingerprint density at radius 2 is 1.91 bits per heavy atom. The van der Waals surface area contributed by atoms with Gasteiger partial charge in [-0.05, 0) is 37.1 Å². The van der Waals surface area contributed by atoms with E-state index < -0.39 is 12.0 Å². The largest absolute Gasteiger partial charge is 0.481 e. The lowest BCUT2D eigenvalue weighted by molar-refractivity contribution is -0.137. The molecule has 0 aliphatic heterocycles. The van der Waals surface area contributed by atoms with Gasteiger partial charge in [-0.15, -0.1) is 0 Å². The molecule has 0 bridgehead atoms. The molecule has 2 N–H and O–H groups in total. The van der Waals surface area contributed by atoms with E-state index in [1.165, 1.54) is 0 Å². The Balaban J connectivity index is 2.01. The average molecular weight is 315 g/mol. The first kappa shape index (κ1) is 16.8. The topological polar surface area (TPSA) is 79.5 Å². The Labute approximate surface area is 135 Å². The molecule has 2 rings (SSSR count). The van der Waals surface area contributed by atoms with Crippen molar-refractivity contribution < 1.29 is 19.1 Å². The van der Waals surface area contributed by atoms with Crippen LogP contribution in [0.1, 0.15) is 41.5 Å². The van der Waals surface area contributed by atoms with Crippen molar-refractivity contribution in [3.63, 3.8) is 0 Å². The van der Waals surface area contributed by atoms with E-state index in [4.69, 9.17) is 9.52 Å². The van der Waals surface area contributed by atoms with Gasteiger partial charge in [0.1, 0.15) is 11.5 Å². The van der Waals surface area contributed by atoms with E-state index in [0.29, 0.717) is 6.42 Å². The van der Waals surface area contributed by atoms with Gasteiger partial charge in [0.2, 0.25) is 5.91 Å². The fourth-order valence-electron chi connectivity index (χ4n) is 2.51. The summed E-state index contributed by atoms with van der Waals surface area (Å²) < 4.78 is 5.43. The van der Waals surface area contributed by atoms with Gasteiger partial charge in [-0.25, -0.2) is 0 Å². The maximum absolute atomic E-state index is 12.2. The molecule has 0 aliphatic carbocycles. The van der Waals surface area contributed by atoms with Crippen molar-refractivity contribution in [2.75, 3.05) is 0 Å². The van der Waals surface area contributed by atoms with Gasteiger partial charge in [0, 0.05) is 12.8 Å². The summed E-state index contributed by atoms with van der Waals surface area (Å²) >= 11 is 0. The van der Waals surface area contributed by atoms with E-state index in [9.17, 15) is 9.59 Å². The number of aliphatic carboxylic acids is 1. The molecule has 5 nitrogen and oxygen atoms in total. The molecule has 1 heterocycles. The van der Waals surface area contributed by atoms with Crippen molar-refractivity contribution >= 4 is 11.9 Å². The highest BCUT2D eigenvalue weighted by Gasteiger charge is 2.19. The van der Waals surface area contributed by atoms with E-state index >= 15 is 0 Å². The van der Waals surface area contributed by atoms with Gasteiger partial charge < -0.3 is 14.8 Å². The minimum Gasteiger partial charge on any atom is -0.481 e. The summed E-state index contributed by atoms with van der Waals surface area (Å²) in [6.07, 6.45) is 0.610. The van der Waals surface area contributed by atoms with Crippen molar-refractivity contribution in [2.24, 2.45) is 0 Å². The van der Waals surface area contributed by atoms with Gasteiger partial charge in [-0.1, -0.05) is 24.3 Å². The molecule has 5 heteroatoms. The van der Waals surface area contributed by atoms with Gasteiger partial charge in [0.15, 0.2) is 0 Å². The quantitative estimate of drug-likeness (QED) is 0.822. The maximum Gasteiger partial charge on any atom is 0.305 e. The van der Waals surface area contributed by atoms with Gasteiger partial charge in [0.25, 0.3) is 0 Å². The second-order valence-electron chi connectivity index (χ2n) is 5.59. The summed E-state index contributed by atoms with van der Waals surface area (Å²) in [5, 5.41) is 11.9. The molecule has 1 atom stereocenters. The number of furan rings is 1. The number of amides is 1. The summed E-state index contributed by atoms with van der Waals surface area (Å²) in [6, 6.07) is 10.7. The molecule has 0 aliphatic rings. The highest BCUT2D eigenvalue weighted by atomic mass is 16.4. The minimum absolute atomic E-state index is 0.142. The van der Waals surface area contributed by atoms with Crippen LogP contribution in [0.15, 0.2) is 40.8 Å². The fraction of sp³-hybridized carbons (Fsp3) is 0.333. The standard InChI is InChI=1S/C18H21NO4/c1-12-5-3-4-6-15(12)16(11-18(21)22)19-17(20)10-9-14-8-7-13(2)23-14/h3-8,16H,9-11H2,1-2H3,(H,19,20)(H,21,22)/t16-/m0/s1. The number of carboxylic acids is 1. The number of hydrogen-bond acceptors (Lipinski definition) is 3. The summed E-state index contributed by atoms with van der Waals surface area (Å²) in [6.45, 7) is 3.76. The number of rotatable bonds is 7. The number of aryl methyl sites for hydroxylation is 3. The summed E-state index contributed by atoms with van der Waals surface area (Å²) in [4.78, 5) is 23.2. The molecule has 122 valence electrons. The van der Waals surface area contributed by atoms with Crippen LogP contribution in [-0.4, -0.2) is 17.0 Å². The van der Waals surface area contributed by atoms with Crippen molar-refractivity contribution in [3.05, 3.63) is 59.0 Å². The van der Waals surface area contributed by atoms with Crippen LogP contribution in [0.4, 0.5) is 0 Å². The van der Waals surface area contributed by atoms with Gasteiger partial charge in [-0.2, -0.15) is 0 Å². The van der Waals surface area contributed by atoms with Crippen molar-refractivity contribution in [2.45, 2.75) is 39.2 Å². The fourth-order valence-corrected chi connectivity index (χ4v) is 2.51. The highest BCUT2D eigenvalue weighted by molar-refractivity contribution is 5.78. The lowest BCUT2D eigenvalue weighted by Crippen LogP contribution is -2.30. The number of carboxylic acid groups (broad SMARTS) is 1. The van der Waals surface area contributed by atoms with Gasteiger partial charge >= 0.3 is 5.97 Å². The number of carbonyl (C=O) groups is 2. The van der Waals surface area contributed by atoms with Crippen LogP contribution < -0.4 is 5.32 Å². The Morgan fingerprint density at radius 3 is 2.52 bits per heavy atom. The maximum atomic E-state index is 12.2. The molecule has 0 radical (unpaired) electrons. The molecular formula is C18H21NO4. The van der Waals surface area contributed by atoms with E-state index in [2.05, 4.69) is 5.32 Å². The Kier molecular flexibility index (Phi) is 5.57. The molecule has 0 saturated heterocycles. The lowest BCUT2D eigenvalue weighted by atomic mass is 9.98. The van der Waals surface area contributed by atoms with Crippen LogP contribution in [0.3, 0.4) is 0 Å². The van der Waals surface area contributed by atoms with Crippen LogP contribution in [0.25, 0.3) is 0 Å². The second-order valence-corrected chi connectivity index (χ2v) is 5.59. The zero-order valence-corrected chi connectivity index (χ0v) is 13.3. The summed E-state index contributed by atoms with van der Waals surface area (Å²) in [5.41, 5.74) is 1.79. The SMILES string of the molecule is Cc1ccc(CCC(=O)N[C@@H](CC(=O)O)c2ccccc2C)o1. The minimum atomic E-state index is -0.944. The van der Waals surface area contributed by atoms with E-state index in [1.54, 1.807) is 0 Å². The van der Waals surface area contributed by atoms with Gasteiger partial charge in [0.05, 0.1) is 12.5 Å². The predicted molar refractivity (Wildman–Crippen MR) is 86.1 cm³/mol. The zero-order chi connectivity index (χ0) is 16.8. The van der Waals surface area contributed by atoms with E-state index in [0.717, 1.165) is 22.6 Å². The smallest absolute Gasteiger partial charge is 0.305 e. The van der Waals surface area contributed by atoms with Crippen LogP contribution in [-0.2, 0) is 16.0 Å². The first-order valence-corrected chi connectivity index (χ1v) is 7.57. The molecule has 0 spiro atoms. The first-order chi connectivity index (χ1) is 11.0. The van der Waals surface area contributed by atoms with Crippen LogP contribution in [0.2, 0.25) is 0 Å². The van der Waals surface area contributed by atoms with E-state index in [-0.39, 0.29) is 18.7 Å². The monoisotopic (exact) mass is 315 g/mol. The zero-order valence-electron chi connectivity index (χ0n) is 13.3. The molecule has 0 fully saturated rings. The molecule has 0 saturated carbocycles. The van der Waals surface area contributed by atoms with Crippen molar-refractivity contribution in [1.29, 1.82) is 0 Å². The Morgan fingerprint density at radius 1 is 1.17 bits per heavy atom. The summed E-state index contributed by atoms with van der Waals surface area (Å²) in [5.74, 6) is 0.432. The lowest BCUT2D eigenvalue weighted by Gasteiger charge is -2.19. The third-order valence-electron chi connectivity index (χ3n) is 3.67. The van der Waals surface area contributed by atoms with E-state index in [1.807, 2.05) is 50.2 Å². The Bertz CT molecular complexity index is 690. The molecule has 1 amide bonds. The van der Waals surface area contributed by atoms with Crippen LogP contribution >= 0.6 is 0 Å². The summed E-state index contributed by atoms with van der Waals surface area (Å²) in [7, 11) is 0. The highest BCUT2D eigenvalue weighted by Crippen LogP contribution is 2.21. The predicted octanol–water partition coefficient (Wildman–Crippen LogP) is 3.16. The molecule has 0 unspecified atom stereocenters. The molecule has 2 aromatic rings. The number of nitrogens with one attached hydrogen (secondary N) is 1. The number of benzene rings is 1. The van der Waals surface area contributed by atoms with Crippen molar-refractivity contribution in [3.8, 4) is 0 Å². The third-order valence-corrected chi connectivity index (χ3v) is 3.67. The normalized spacial score (nSPS) is 11.9. The first-order valence-electron chi connectivity index (χ1n) is 7.57. The molecule has 1 aromatic carbocycles. The number of carbonyl (C=O) groups excluding carboxylic acids is 1. The van der Waals surface area contributed by atoms with Crippen LogP contribution in [0, 0.1) is 13.8 Å².